The van der Waals surface area contributed by atoms with Gasteiger partial charge in [-0.25, -0.2) is 4.98 Å². The number of rotatable bonds is 4. The number of aromatic nitrogens is 3. The Kier molecular flexibility index (Phi) is 5.25. The maximum absolute atomic E-state index is 16.1. The summed E-state index contributed by atoms with van der Waals surface area (Å²) in [6.45, 7) is 1.97. The van der Waals surface area contributed by atoms with E-state index in [0.29, 0.717) is 34.7 Å². The number of anilines is 1. The lowest BCUT2D eigenvalue weighted by molar-refractivity contribution is 0.0935. The highest BCUT2D eigenvalue weighted by molar-refractivity contribution is 7.70. The number of nitriles is 1. The molecule has 2 atom stereocenters. The topological polar surface area (TPSA) is 104 Å². The van der Waals surface area contributed by atoms with Gasteiger partial charge in [0.25, 0.3) is 11.8 Å². The van der Waals surface area contributed by atoms with Crippen LogP contribution in [0.1, 0.15) is 45.1 Å². The van der Waals surface area contributed by atoms with E-state index in [2.05, 4.69) is 21.5 Å². The van der Waals surface area contributed by atoms with Crippen LogP contribution in [0, 0.1) is 24.2 Å². The van der Waals surface area contributed by atoms with Crippen LogP contribution in [0.2, 0.25) is 0 Å². The van der Waals surface area contributed by atoms with E-state index >= 15 is 8.78 Å². The number of hydrogen-bond acceptors (Lipinski definition) is 5. The van der Waals surface area contributed by atoms with E-state index in [-0.39, 0.29) is 29.4 Å². The quantitative estimate of drug-likeness (QED) is 0.520. The molecule has 3 aliphatic rings. The van der Waals surface area contributed by atoms with Gasteiger partial charge in [0.1, 0.15) is 13.8 Å². The molecule has 4 heterocycles. The van der Waals surface area contributed by atoms with Crippen molar-refractivity contribution >= 4 is 41.8 Å². The maximum atomic E-state index is 16.1. The first-order chi connectivity index (χ1) is 17.8. The van der Waals surface area contributed by atoms with Crippen LogP contribution in [0.5, 0.6) is 0 Å². The number of benzene rings is 1. The second-order valence-corrected chi connectivity index (χ2v) is 11.3. The van der Waals surface area contributed by atoms with Crippen LogP contribution < -0.4 is 15.3 Å². The fourth-order valence-electron chi connectivity index (χ4n) is 5.16. The summed E-state index contributed by atoms with van der Waals surface area (Å²) < 4.78 is 34.8. The van der Waals surface area contributed by atoms with Gasteiger partial charge in [0, 0.05) is 24.2 Å². The van der Waals surface area contributed by atoms with E-state index in [4.69, 9.17) is 5.26 Å². The standard InChI is InChI=1S/C26H21F2N6O2P/c1-14-22-23(32-33(14)13-16-8-6-15(7-9-16)10-11-29)26(27,28)37-20-5-3-4-18-21(20)17(25(36)34(22)37)12-19(31-18)24(35)30-2/h3-6,8-9,12,15H,7,10,13H2,1-2H3,(H,30,35). The predicted molar refractivity (Wildman–Crippen MR) is 135 cm³/mol. The molecule has 8 nitrogen and oxygen atoms in total. The van der Waals surface area contributed by atoms with Crippen LogP contribution in [0.15, 0.2) is 48.1 Å². The lowest BCUT2D eigenvalue weighted by Gasteiger charge is -2.34. The number of alkyl halides is 2. The molecule has 3 aromatic rings. The Bertz CT molecular complexity index is 1620. The number of amides is 2. The van der Waals surface area contributed by atoms with Crippen molar-refractivity contribution in [1.82, 2.24) is 20.1 Å². The number of allylic oxidation sites excluding steroid dienone is 4. The van der Waals surface area contributed by atoms with Crippen LogP contribution in [0.3, 0.4) is 0 Å². The number of nitrogens with one attached hydrogen (secondary N) is 1. The van der Waals surface area contributed by atoms with Gasteiger partial charge in [0.05, 0.1) is 35.1 Å². The van der Waals surface area contributed by atoms with Crippen LogP contribution in [0.25, 0.3) is 10.9 Å². The summed E-state index contributed by atoms with van der Waals surface area (Å²) in [6, 6.07) is 8.40. The normalized spacial score (nSPS) is 20.9. The van der Waals surface area contributed by atoms with Gasteiger partial charge in [0.15, 0.2) is 5.69 Å². The summed E-state index contributed by atoms with van der Waals surface area (Å²) in [4.78, 5) is 30.5. The van der Waals surface area contributed by atoms with Crippen molar-refractivity contribution in [3.8, 4) is 6.07 Å². The van der Waals surface area contributed by atoms with Crippen molar-refractivity contribution in [2.75, 3.05) is 11.7 Å². The molecular weight excluding hydrogens is 497 g/mol. The van der Waals surface area contributed by atoms with E-state index in [1.165, 1.54) is 22.5 Å². The minimum atomic E-state index is -3.36. The van der Waals surface area contributed by atoms with Crippen molar-refractivity contribution in [2.45, 2.75) is 32.0 Å². The van der Waals surface area contributed by atoms with E-state index in [1.807, 2.05) is 18.2 Å². The third-order valence-electron chi connectivity index (χ3n) is 7.01. The van der Waals surface area contributed by atoms with Crippen LogP contribution in [-0.4, -0.2) is 33.6 Å². The third-order valence-corrected chi connectivity index (χ3v) is 9.37. The Morgan fingerprint density at radius 3 is 2.89 bits per heavy atom. The van der Waals surface area contributed by atoms with E-state index in [1.54, 1.807) is 25.1 Å². The Labute approximate surface area is 212 Å². The van der Waals surface area contributed by atoms with Crippen molar-refractivity contribution < 1.29 is 18.4 Å². The van der Waals surface area contributed by atoms with Crippen LogP contribution in [-0.2, 0) is 12.2 Å². The monoisotopic (exact) mass is 518 g/mol. The zero-order chi connectivity index (χ0) is 26.1. The van der Waals surface area contributed by atoms with Crippen molar-refractivity contribution in [3.63, 3.8) is 0 Å². The first-order valence-electron chi connectivity index (χ1n) is 11.8. The average molecular weight is 518 g/mol. The molecule has 2 aromatic heterocycles. The Morgan fingerprint density at radius 2 is 2.19 bits per heavy atom. The summed E-state index contributed by atoms with van der Waals surface area (Å²) >= 11 is 0. The number of carbonyl (C=O) groups is 2. The molecular formula is C26H21F2N6O2P. The number of carbonyl (C=O) groups excluding carboxylic acids is 2. The highest BCUT2D eigenvalue weighted by atomic mass is 31.1. The Balaban J connectivity index is 1.45. The molecule has 0 saturated carbocycles. The van der Waals surface area contributed by atoms with Crippen molar-refractivity contribution in [2.24, 2.45) is 5.92 Å². The van der Waals surface area contributed by atoms with Gasteiger partial charge in [0.2, 0.25) is 0 Å². The smallest absolute Gasteiger partial charge is 0.332 e. The van der Waals surface area contributed by atoms with Crippen molar-refractivity contribution in [3.05, 3.63) is 70.7 Å². The fraction of sp³-hybridized carbons (Fsp3) is 0.269. The number of hydrogen-bond donors (Lipinski definition) is 1. The minimum absolute atomic E-state index is 0.0473. The molecule has 2 aliphatic heterocycles. The molecule has 0 radical (unpaired) electrons. The molecule has 0 spiro atoms. The Morgan fingerprint density at radius 1 is 1.38 bits per heavy atom. The van der Waals surface area contributed by atoms with Gasteiger partial charge in [-0.1, -0.05) is 30.4 Å². The summed E-state index contributed by atoms with van der Waals surface area (Å²) in [5.74, 6) is -0.903. The summed E-state index contributed by atoms with van der Waals surface area (Å²) in [5.41, 5.74) is -1.71. The summed E-state index contributed by atoms with van der Waals surface area (Å²) in [5, 5.41) is 16.4. The van der Waals surface area contributed by atoms with Gasteiger partial charge >= 0.3 is 5.66 Å². The third kappa shape index (κ3) is 3.34. The molecule has 186 valence electrons. The van der Waals surface area contributed by atoms with Crippen LogP contribution >= 0.6 is 8.07 Å². The van der Waals surface area contributed by atoms with Gasteiger partial charge in [-0.15, -0.1) is 0 Å². The molecule has 2 amide bonds. The average Bonchev–Trinajstić information content (AvgIpc) is 3.34. The molecule has 6 rings (SSSR count). The molecule has 1 N–H and O–H groups in total. The van der Waals surface area contributed by atoms with Gasteiger partial charge in [-0.05, 0) is 37.0 Å². The highest BCUT2D eigenvalue weighted by Crippen LogP contribution is 2.70. The maximum Gasteiger partial charge on any atom is 0.332 e. The lowest BCUT2D eigenvalue weighted by atomic mass is 9.94. The zero-order valence-electron chi connectivity index (χ0n) is 20.0. The molecule has 1 aromatic carbocycles. The first-order valence-corrected chi connectivity index (χ1v) is 13.1. The second-order valence-electron chi connectivity index (χ2n) is 9.21. The molecule has 2 unspecified atom stereocenters. The minimum Gasteiger partial charge on any atom is -0.354 e. The van der Waals surface area contributed by atoms with Gasteiger partial charge in [-0.3, -0.25) is 18.9 Å². The van der Waals surface area contributed by atoms with E-state index in [9.17, 15) is 9.59 Å². The fourth-order valence-corrected chi connectivity index (χ4v) is 7.69. The van der Waals surface area contributed by atoms with Crippen molar-refractivity contribution in [1.29, 1.82) is 5.26 Å². The van der Waals surface area contributed by atoms with Crippen LogP contribution in [0.4, 0.5) is 14.5 Å². The molecule has 1 aliphatic carbocycles. The van der Waals surface area contributed by atoms with E-state index < -0.39 is 31.2 Å². The largest absolute Gasteiger partial charge is 0.354 e. The summed E-state index contributed by atoms with van der Waals surface area (Å²) in [7, 11) is -0.948. The number of nitrogens with zero attached hydrogens (tertiary/aromatic N) is 5. The molecule has 37 heavy (non-hydrogen) atoms. The molecule has 0 saturated heterocycles. The second kappa shape index (κ2) is 8.29. The highest BCUT2D eigenvalue weighted by Gasteiger charge is 2.61. The number of pyridine rings is 1. The van der Waals surface area contributed by atoms with Gasteiger partial charge in [-0.2, -0.15) is 19.1 Å². The number of fused-ring (bicyclic) bond motifs is 4. The molecule has 11 heteroatoms. The lowest BCUT2D eigenvalue weighted by Crippen LogP contribution is -2.36. The zero-order valence-corrected chi connectivity index (χ0v) is 20.9. The SMILES string of the molecule is CNC(=O)c1cc2c3c(cccc3n1)P1N(C2=O)c2c(nn(CC3=CCC(CC#N)C=C3)c2C)C1(F)F. The Hall–Kier alpha value is -3.96. The molecule has 0 fully saturated rings. The summed E-state index contributed by atoms with van der Waals surface area (Å²) in [6.07, 6.45) is 6.99. The number of halogens is 2. The molecule has 0 bridgehead atoms. The predicted octanol–water partition coefficient (Wildman–Crippen LogP) is 4.26. The van der Waals surface area contributed by atoms with Gasteiger partial charge < -0.3 is 5.32 Å². The van der Waals surface area contributed by atoms with E-state index in [0.717, 1.165) is 5.57 Å². The first kappa shape index (κ1) is 23.4.